The van der Waals surface area contributed by atoms with E-state index >= 15 is 0 Å². The Morgan fingerprint density at radius 3 is 2.48 bits per heavy atom. The van der Waals surface area contributed by atoms with Crippen LogP contribution < -0.4 is 14.8 Å². The van der Waals surface area contributed by atoms with Gasteiger partial charge in [0, 0.05) is 23.5 Å². The molecule has 1 fully saturated rings. The van der Waals surface area contributed by atoms with E-state index in [0.29, 0.717) is 6.04 Å². The Morgan fingerprint density at radius 1 is 1.04 bits per heavy atom. The molecule has 0 aliphatic heterocycles. The number of ether oxygens (including phenoxy) is 2. The first kappa shape index (κ1) is 18.2. The molecular formula is C20H28N2O2S. The summed E-state index contributed by atoms with van der Waals surface area (Å²) >= 11 is 1.68. The van der Waals surface area contributed by atoms with E-state index in [9.17, 15) is 0 Å². The molecule has 1 heterocycles. The van der Waals surface area contributed by atoms with E-state index in [1.54, 1.807) is 25.6 Å². The molecule has 2 aromatic rings. The fourth-order valence-corrected chi connectivity index (χ4v) is 4.22. The Balaban J connectivity index is 1.62. The molecule has 4 nitrogen and oxygen atoms in total. The fourth-order valence-electron chi connectivity index (χ4n) is 3.40. The summed E-state index contributed by atoms with van der Waals surface area (Å²) in [5, 5.41) is 6.89. The number of hydrogen-bond donors (Lipinski definition) is 1. The first-order valence-electron chi connectivity index (χ1n) is 9.20. The molecule has 0 unspecified atom stereocenters. The highest BCUT2D eigenvalue weighted by atomic mass is 32.1. The summed E-state index contributed by atoms with van der Waals surface area (Å²) in [4.78, 5) is 4.80. The van der Waals surface area contributed by atoms with Crippen molar-refractivity contribution in [2.24, 2.45) is 0 Å². The number of rotatable bonds is 6. The lowest BCUT2D eigenvalue weighted by Crippen LogP contribution is -2.29. The smallest absolute Gasteiger partial charge is 0.161 e. The summed E-state index contributed by atoms with van der Waals surface area (Å²) in [5.74, 6) is 1.48. The van der Waals surface area contributed by atoms with E-state index < -0.39 is 0 Å². The number of methoxy groups -OCH3 is 2. The normalized spacial score (nSPS) is 16.2. The van der Waals surface area contributed by atoms with Gasteiger partial charge in [0.15, 0.2) is 11.5 Å². The summed E-state index contributed by atoms with van der Waals surface area (Å²) in [6.45, 7) is 0.856. The van der Waals surface area contributed by atoms with Gasteiger partial charge in [0.25, 0.3) is 0 Å². The van der Waals surface area contributed by atoms with Crippen molar-refractivity contribution in [1.29, 1.82) is 0 Å². The monoisotopic (exact) mass is 360 g/mol. The zero-order valence-electron chi connectivity index (χ0n) is 15.2. The minimum atomic E-state index is 0.645. The highest BCUT2D eigenvalue weighted by Gasteiger charge is 2.13. The minimum absolute atomic E-state index is 0.645. The van der Waals surface area contributed by atoms with Crippen LogP contribution in [-0.4, -0.2) is 25.2 Å². The molecule has 0 spiro atoms. The molecule has 0 amide bonds. The van der Waals surface area contributed by atoms with Crippen molar-refractivity contribution in [2.45, 2.75) is 57.5 Å². The van der Waals surface area contributed by atoms with E-state index in [2.05, 4.69) is 10.7 Å². The molecule has 1 aromatic carbocycles. The zero-order valence-corrected chi connectivity index (χ0v) is 16.0. The molecule has 0 bridgehead atoms. The summed E-state index contributed by atoms with van der Waals surface area (Å²) in [5.41, 5.74) is 2.19. The van der Waals surface area contributed by atoms with E-state index in [4.69, 9.17) is 14.5 Å². The number of nitrogens with zero attached hydrogens (tertiary/aromatic N) is 1. The maximum Gasteiger partial charge on any atom is 0.161 e. The molecule has 0 radical (unpaired) electrons. The highest BCUT2D eigenvalue weighted by Crippen LogP contribution is 2.33. The predicted octanol–water partition coefficient (Wildman–Crippen LogP) is 5.03. The van der Waals surface area contributed by atoms with Gasteiger partial charge in [-0.1, -0.05) is 32.1 Å². The zero-order chi connectivity index (χ0) is 17.5. The van der Waals surface area contributed by atoms with E-state index in [0.717, 1.165) is 34.3 Å². The lowest BCUT2D eigenvalue weighted by molar-refractivity contribution is 0.355. The molecule has 25 heavy (non-hydrogen) atoms. The minimum Gasteiger partial charge on any atom is -0.493 e. The molecule has 136 valence electrons. The first-order valence-corrected chi connectivity index (χ1v) is 10.1. The molecule has 0 saturated heterocycles. The van der Waals surface area contributed by atoms with E-state index in [1.807, 2.05) is 18.2 Å². The lowest BCUT2D eigenvalue weighted by atomic mass is 9.97. The van der Waals surface area contributed by atoms with Crippen molar-refractivity contribution >= 4 is 11.3 Å². The van der Waals surface area contributed by atoms with Crippen molar-refractivity contribution < 1.29 is 9.47 Å². The van der Waals surface area contributed by atoms with Crippen LogP contribution in [0.3, 0.4) is 0 Å². The molecule has 1 N–H and O–H groups in total. The largest absolute Gasteiger partial charge is 0.493 e. The van der Waals surface area contributed by atoms with Gasteiger partial charge in [0.2, 0.25) is 0 Å². The van der Waals surface area contributed by atoms with Crippen molar-refractivity contribution in [3.05, 3.63) is 29.3 Å². The topological polar surface area (TPSA) is 43.4 Å². The van der Waals surface area contributed by atoms with Gasteiger partial charge >= 0.3 is 0 Å². The Kier molecular flexibility index (Phi) is 6.70. The summed E-state index contributed by atoms with van der Waals surface area (Å²) in [7, 11) is 3.31. The second kappa shape index (κ2) is 9.20. The Morgan fingerprint density at radius 2 is 1.76 bits per heavy atom. The molecule has 5 heteroatoms. The van der Waals surface area contributed by atoms with Crippen LogP contribution in [-0.2, 0) is 6.54 Å². The van der Waals surface area contributed by atoms with Crippen LogP contribution >= 0.6 is 11.3 Å². The van der Waals surface area contributed by atoms with Crippen LogP contribution in [0.5, 0.6) is 11.5 Å². The average molecular weight is 361 g/mol. The third-order valence-electron chi connectivity index (χ3n) is 4.86. The Hall–Kier alpha value is -1.59. The number of benzene rings is 1. The van der Waals surface area contributed by atoms with E-state index in [-0.39, 0.29) is 0 Å². The second-order valence-corrected chi connectivity index (χ2v) is 7.49. The average Bonchev–Trinajstić information content (AvgIpc) is 3.09. The number of nitrogens with one attached hydrogen (secondary N) is 1. The third-order valence-corrected chi connectivity index (χ3v) is 5.80. The lowest BCUT2D eigenvalue weighted by Gasteiger charge is -2.20. The van der Waals surface area contributed by atoms with Crippen LogP contribution in [0.1, 0.15) is 50.6 Å². The molecule has 1 aliphatic carbocycles. The van der Waals surface area contributed by atoms with Gasteiger partial charge in [0.05, 0.1) is 19.9 Å². The maximum absolute atomic E-state index is 5.39. The number of hydrogen-bond acceptors (Lipinski definition) is 5. The SMILES string of the molecule is COc1ccc(-c2nc(CNC3CCCCCCC3)cs2)cc1OC. The van der Waals surface area contributed by atoms with Crippen molar-refractivity contribution in [2.75, 3.05) is 14.2 Å². The first-order chi connectivity index (χ1) is 12.3. The van der Waals surface area contributed by atoms with Crippen LogP contribution in [0.2, 0.25) is 0 Å². The van der Waals surface area contributed by atoms with Crippen molar-refractivity contribution in [1.82, 2.24) is 10.3 Å². The molecular weight excluding hydrogens is 332 g/mol. The van der Waals surface area contributed by atoms with E-state index in [1.165, 1.54) is 44.9 Å². The molecule has 1 saturated carbocycles. The summed E-state index contributed by atoms with van der Waals surface area (Å²) < 4.78 is 10.7. The fraction of sp³-hybridized carbons (Fsp3) is 0.550. The number of aromatic nitrogens is 1. The van der Waals surface area contributed by atoms with Gasteiger partial charge < -0.3 is 14.8 Å². The van der Waals surface area contributed by atoms with Crippen LogP contribution in [0.4, 0.5) is 0 Å². The second-order valence-electron chi connectivity index (χ2n) is 6.64. The van der Waals surface area contributed by atoms with Crippen LogP contribution in [0.15, 0.2) is 23.6 Å². The van der Waals surface area contributed by atoms with Gasteiger partial charge in [-0.05, 0) is 31.0 Å². The van der Waals surface area contributed by atoms with Crippen LogP contribution in [0.25, 0.3) is 10.6 Å². The van der Waals surface area contributed by atoms with Crippen molar-refractivity contribution in [3.63, 3.8) is 0 Å². The Bertz CT molecular complexity index is 663. The van der Waals surface area contributed by atoms with Crippen molar-refractivity contribution in [3.8, 4) is 22.1 Å². The van der Waals surface area contributed by atoms with Crippen LogP contribution in [0, 0.1) is 0 Å². The van der Waals surface area contributed by atoms with Gasteiger partial charge in [-0.3, -0.25) is 0 Å². The molecule has 1 aromatic heterocycles. The highest BCUT2D eigenvalue weighted by molar-refractivity contribution is 7.13. The van der Waals surface area contributed by atoms with Gasteiger partial charge in [-0.15, -0.1) is 11.3 Å². The number of thiazole rings is 1. The molecule has 0 atom stereocenters. The van der Waals surface area contributed by atoms with Gasteiger partial charge in [-0.2, -0.15) is 0 Å². The molecule has 1 aliphatic rings. The van der Waals surface area contributed by atoms with Gasteiger partial charge in [-0.25, -0.2) is 4.98 Å². The van der Waals surface area contributed by atoms with Gasteiger partial charge in [0.1, 0.15) is 5.01 Å². The molecule has 3 rings (SSSR count). The Labute approximate surface area is 154 Å². The maximum atomic E-state index is 5.39. The summed E-state index contributed by atoms with van der Waals surface area (Å²) in [6, 6.07) is 6.60. The predicted molar refractivity (Wildman–Crippen MR) is 104 cm³/mol. The third kappa shape index (κ3) is 4.95. The quantitative estimate of drug-likeness (QED) is 0.784. The summed E-state index contributed by atoms with van der Waals surface area (Å²) in [6.07, 6.45) is 9.49. The standard InChI is InChI=1S/C20H28N2O2S/c1-23-18-11-10-15(12-19(18)24-2)20-22-17(14-25-20)13-21-16-8-6-4-3-5-7-9-16/h10-12,14,16,21H,3-9,13H2,1-2H3.